The molecule has 1 fully saturated rings. The average molecular weight is 370 g/mol. The minimum atomic E-state index is 0.502. The lowest BCUT2D eigenvalue weighted by atomic mass is 10.2. The molecule has 27 heavy (non-hydrogen) atoms. The topological polar surface area (TPSA) is 61.6 Å². The summed E-state index contributed by atoms with van der Waals surface area (Å²) in [5.41, 5.74) is 1.37. The van der Waals surface area contributed by atoms with Gasteiger partial charge >= 0.3 is 0 Å². The lowest BCUT2D eigenvalue weighted by molar-refractivity contribution is 0.250. The van der Waals surface area contributed by atoms with Gasteiger partial charge in [-0.05, 0) is 31.9 Å². The maximum Gasteiger partial charge on any atom is 0.194 e. The average Bonchev–Trinajstić information content (AvgIpc) is 3.28. The molecule has 1 N–H and O–H groups in total. The molecule has 1 aliphatic heterocycles. The number of hydrogen-bond donors (Lipinski definition) is 1. The maximum atomic E-state index is 4.93. The largest absolute Gasteiger partial charge is 0.357 e. The first kappa shape index (κ1) is 19.4. The van der Waals surface area contributed by atoms with E-state index in [1.165, 1.54) is 18.4 Å². The number of aromatic nitrogens is 3. The molecule has 0 bridgehead atoms. The maximum absolute atomic E-state index is 4.93. The van der Waals surface area contributed by atoms with E-state index in [0.29, 0.717) is 12.6 Å². The molecule has 7 nitrogen and oxygen atoms in total. The molecule has 0 saturated carbocycles. The van der Waals surface area contributed by atoms with Gasteiger partial charge in [-0.1, -0.05) is 30.3 Å². The Hall–Kier alpha value is -2.41. The molecule has 0 spiro atoms. The van der Waals surface area contributed by atoms with E-state index in [2.05, 4.69) is 62.5 Å². The van der Waals surface area contributed by atoms with E-state index < -0.39 is 0 Å². The quantitative estimate of drug-likeness (QED) is 0.596. The molecule has 0 radical (unpaired) electrons. The molecule has 1 atom stereocenters. The Bertz CT molecular complexity index is 725. The van der Waals surface area contributed by atoms with Gasteiger partial charge in [0, 0.05) is 33.2 Å². The van der Waals surface area contributed by atoms with E-state index in [0.717, 1.165) is 38.0 Å². The van der Waals surface area contributed by atoms with Crippen molar-refractivity contribution in [3.8, 4) is 0 Å². The molecule has 146 valence electrons. The van der Waals surface area contributed by atoms with Gasteiger partial charge in [-0.3, -0.25) is 14.6 Å². The molecule has 1 aromatic heterocycles. The van der Waals surface area contributed by atoms with E-state index in [4.69, 9.17) is 4.99 Å². The van der Waals surface area contributed by atoms with Crippen LogP contribution in [0.25, 0.3) is 0 Å². The predicted molar refractivity (Wildman–Crippen MR) is 108 cm³/mol. The van der Waals surface area contributed by atoms with Gasteiger partial charge in [-0.2, -0.15) is 5.10 Å². The number of likely N-dealkylation sites (tertiary alicyclic amines) is 1. The summed E-state index contributed by atoms with van der Waals surface area (Å²) in [6.07, 6.45) is 4.05. The van der Waals surface area contributed by atoms with Gasteiger partial charge in [0.25, 0.3) is 0 Å². The third-order valence-corrected chi connectivity index (χ3v) is 5.06. The standard InChI is InChI=1S/C20H31N7/c1-4-21-20(25(2)15-19-23-16-24-26(19)3)22-13-18-11-8-12-27(18)14-17-9-6-5-7-10-17/h5-7,9-10,16,18H,4,8,11-15H2,1-3H3,(H,21,22). The second kappa shape index (κ2) is 9.50. The Balaban J connectivity index is 1.62. The third kappa shape index (κ3) is 5.29. The van der Waals surface area contributed by atoms with Crippen molar-refractivity contribution < 1.29 is 0 Å². The summed E-state index contributed by atoms with van der Waals surface area (Å²) in [5.74, 6) is 1.85. The molecule has 7 heteroatoms. The zero-order valence-corrected chi connectivity index (χ0v) is 16.7. The minimum Gasteiger partial charge on any atom is -0.357 e. The summed E-state index contributed by atoms with van der Waals surface area (Å²) in [5, 5.41) is 7.55. The van der Waals surface area contributed by atoms with Gasteiger partial charge in [-0.25, -0.2) is 4.98 Å². The van der Waals surface area contributed by atoms with Crippen molar-refractivity contribution in [3.05, 3.63) is 48.0 Å². The normalized spacial score (nSPS) is 18.0. The van der Waals surface area contributed by atoms with Crippen LogP contribution < -0.4 is 5.32 Å². The molecular weight excluding hydrogens is 338 g/mol. The van der Waals surface area contributed by atoms with Crippen LogP contribution in [0, 0.1) is 0 Å². The monoisotopic (exact) mass is 369 g/mol. The van der Waals surface area contributed by atoms with E-state index in [-0.39, 0.29) is 0 Å². The fraction of sp³-hybridized carbons (Fsp3) is 0.550. The molecule has 3 rings (SSSR count). The van der Waals surface area contributed by atoms with Crippen LogP contribution in [-0.2, 0) is 20.1 Å². The summed E-state index contributed by atoms with van der Waals surface area (Å²) < 4.78 is 1.80. The molecule has 1 saturated heterocycles. The van der Waals surface area contributed by atoms with Crippen molar-refractivity contribution in [1.82, 2.24) is 29.9 Å². The third-order valence-electron chi connectivity index (χ3n) is 5.06. The SMILES string of the molecule is CCNC(=NCC1CCCN1Cc1ccccc1)N(C)Cc1ncnn1C. The second-order valence-electron chi connectivity index (χ2n) is 7.10. The first-order valence-corrected chi connectivity index (χ1v) is 9.77. The highest BCUT2D eigenvalue weighted by Gasteiger charge is 2.24. The Morgan fingerprint density at radius 2 is 2.15 bits per heavy atom. The number of aliphatic imine (C=N–C) groups is 1. The van der Waals surface area contributed by atoms with Crippen LogP contribution in [0.1, 0.15) is 31.2 Å². The van der Waals surface area contributed by atoms with Crippen molar-refractivity contribution in [2.45, 2.75) is 38.9 Å². The van der Waals surface area contributed by atoms with E-state index in [9.17, 15) is 0 Å². The van der Waals surface area contributed by atoms with Gasteiger partial charge in [0.05, 0.1) is 13.1 Å². The fourth-order valence-corrected chi connectivity index (χ4v) is 3.54. The van der Waals surface area contributed by atoms with Crippen LogP contribution in [0.4, 0.5) is 0 Å². The zero-order chi connectivity index (χ0) is 19.1. The Morgan fingerprint density at radius 3 is 2.85 bits per heavy atom. The lowest BCUT2D eigenvalue weighted by Gasteiger charge is -2.25. The first-order chi connectivity index (χ1) is 13.2. The Morgan fingerprint density at radius 1 is 1.33 bits per heavy atom. The van der Waals surface area contributed by atoms with Crippen LogP contribution in [0.5, 0.6) is 0 Å². The molecule has 1 aromatic carbocycles. The summed E-state index contributed by atoms with van der Waals surface area (Å²) in [4.78, 5) is 13.9. The number of nitrogens with zero attached hydrogens (tertiary/aromatic N) is 6. The molecule has 2 aromatic rings. The second-order valence-corrected chi connectivity index (χ2v) is 7.10. The van der Waals surface area contributed by atoms with Crippen molar-refractivity contribution in [2.24, 2.45) is 12.0 Å². The van der Waals surface area contributed by atoms with Crippen molar-refractivity contribution >= 4 is 5.96 Å². The summed E-state index contributed by atoms with van der Waals surface area (Å²) in [7, 11) is 3.97. The first-order valence-electron chi connectivity index (χ1n) is 9.77. The molecule has 1 unspecified atom stereocenters. The summed E-state index contributed by atoms with van der Waals surface area (Å²) in [6.45, 7) is 6.61. The van der Waals surface area contributed by atoms with Crippen LogP contribution in [0.15, 0.2) is 41.7 Å². The van der Waals surface area contributed by atoms with Crippen LogP contribution >= 0.6 is 0 Å². The Kier molecular flexibility index (Phi) is 6.81. The van der Waals surface area contributed by atoms with E-state index >= 15 is 0 Å². The van der Waals surface area contributed by atoms with Crippen molar-refractivity contribution in [3.63, 3.8) is 0 Å². The number of guanidine groups is 1. The molecule has 0 aliphatic carbocycles. The number of nitrogens with one attached hydrogen (secondary N) is 1. The summed E-state index contributed by atoms with van der Waals surface area (Å²) in [6, 6.07) is 11.2. The van der Waals surface area contributed by atoms with E-state index in [1.807, 2.05) is 14.1 Å². The number of aryl methyl sites for hydroxylation is 1. The van der Waals surface area contributed by atoms with Crippen molar-refractivity contribution in [2.75, 3.05) is 26.7 Å². The number of rotatable bonds is 7. The number of hydrogen-bond acceptors (Lipinski definition) is 4. The van der Waals surface area contributed by atoms with E-state index in [1.54, 1.807) is 11.0 Å². The number of benzene rings is 1. The molecule has 2 heterocycles. The lowest BCUT2D eigenvalue weighted by Crippen LogP contribution is -2.40. The smallest absolute Gasteiger partial charge is 0.194 e. The molecular formula is C20H31N7. The van der Waals surface area contributed by atoms with Gasteiger partial charge in [0.15, 0.2) is 5.96 Å². The summed E-state index contributed by atoms with van der Waals surface area (Å²) >= 11 is 0. The highest BCUT2D eigenvalue weighted by Crippen LogP contribution is 2.20. The molecule has 0 amide bonds. The highest BCUT2D eigenvalue weighted by molar-refractivity contribution is 5.79. The predicted octanol–water partition coefficient (Wildman–Crippen LogP) is 1.88. The minimum absolute atomic E-state index is 0.502. The zero-order valence-electron chi connectivity index (χ0n) is 16.7. The fourth-order valence-electron chi connectivity index (χ4n) is 3.54. The van der Waals surface area contributed by atoms with Gasteiger partial charge < -0.3 is 10.2 Å². The van der Waals surface area contributed by atoms with Gasteiger partial charge in [0.1, 0.15) is 12.2 Å². The Labute approximate surface area is 162 Å². The van der Waals surface area contributed by atoms with Crippen LogP contribution in [0.2, 0.25) is 0 Å². The van der Waals surface area contributed by atoms with Crippen LogP contribution in [0.3, 0.4) is 0 Å². The van der Waals surface area contributed by atoms with Gasteiger partial charge in [0.2, 0.25) is 0 Å². The van der Waals surface area contributed by atoms with Crippen LogP contribution in [-0.4, -0.2) is 63.2 Å². The van der Waals surface area contributed by atoms with Gasteiger partial charge in [-0.15, -0.1) is 0 Å². The van der Waals surface area contributed by atoms with Crippen molar-refractivity contribution in [1.29, 1.82) is 0 Å². The highest BCUT2D eigenvalue weighted by atomic mass is 15.4. The molecule has 1 aliphatic rings.